The average Bonchev–Trinajstić information content (AvgIpc) is 2.28. The average molecular weight is 168 g/mol. The number of aryl methyl sites for hydroxylation is 2. The second-order valence-corrected chi connectivity index (χ2v) is 3.32. The Morgan fingerprint density at radius 2 is 2.17 bits per heavy atom. The van der Waals surface area contributed by atoms with Crippen molar-refractivity contribution in [1.29, 1.82) is 0 Å². The lowest BCUT2D eigenvalue weighted by Crippen LogP contribution is -2.15. The number of nitrogens with zero attached hydrogens (tertiary/aromatic N) is 1. The van der Waals surface area contributed by atoms with Crippen LogP contribution >= 0.6 is 0 Å². The second kappa shape index (κ2) is 3.72. The third-order valence-electron chi connectivity index (χ3n) is 2.03. The molecule has 0 saturated heterocycles. The summed E-state index contributed by atoms with van der Waals surface area (Å²) in [6.45, 7) is 5.92. The smallest absolute Gasteiger partial charge is 0.137 e. The van der Waals surface area contributed by atoms with Crippen LogP contribution in [0.2, 0.25) is 0 Å². The lowest BCUT2D eigenvalue weighted by Gasteiger charge is -2.03. The van der Waals surface area contributed by atoms with Crippen LogP contribution in [0.4, 0.5) is 0 Å². The van der Waals surface area contributed by atoms with Crippen molar-refractivity contribution in [3.63, 3.8) is 0 Å². The van der Waals surface area contributed by atoms with Gasteiger partial charge in [0.15, 0.2) is 0 Å². The molecule has 0 spiro atoms. The van der Waals surface area contributed by atoms with Crippen molar-refractivity contribution >= 4 is 0 Å². The van der Waals surface area contributed by atoms with Gasteiger partial charge in [0.2, 0.25) is 0 Å². The van der Waals surface area contributed by atoms with Crippen molar-refractivity contribution in [2.75, 3.05) is 0 Å². The molecular formula is C9H16N2O. The Bertz CT molecular complexity index is 234. The third-order valence-corrected chi connectivity index (χ3v) is 2.03. The van der Waals surface area contributed by atoms with E-state index in [1.807, 2.05) is 20.8 Å². The molecule has 0 aliphatic rings. The van der Waals surface area contributed by atoms with Crippen LogP contribution in [0, 0.1) is 13.8 Å². The first kappa shape index (κ1) is 9.26. The van der Waals surface area contributed by atoms with Gasteiger partial charge in [0.25, 0.3) is 0 Å². The molecule has 0 unspecified atom stereocenters. The van der Waals surface area contributed by atoms with Crippen molar-refractivity contribution in [2.45, 2.75) is 39.7 Å². The molecule has 0 aliphatic carbocycles. The molecular weight excluding hydrogens is 152 g/mol. The van der Waals surface area contributed by atoms with Crippen LogP contribution in [-0.4, -0.2) is 11.2 Å². The molecule has 3 heteroatoms. The molecule has 1 heterocycles. The molecule has 1 atom stereocenters. The fourth-order valence-corrected chi connectivity index (χ4v) is 1.23. The van der Waals surface area contributed by atoms with Gasteiger partial charge in [-0.3, -0.25) is 0 Å². The number of aromatic nitrogens is 1. The Hall–Kier alpha value is -0.830. The SMILES string of the molecule is Cc1noc(C)c1CC[C@H](C)N. The van der Waals surface area contributed by atoms with E-state index < -0.39 is 0 Å². The van der Waals surface area contributed by atoms with Gasteiger partial charge >= 0.3 is 0 Å². The molecule has 0 saturated carbocycles. The second-order valence-electron chi connectivity index (χ2n) is 3.32. The van der Waals surface area contributed by atoms with Gasteiger partial charge in [0, 0.05) is 11.6 Å². The highest BCUT2D eigenvalue weighted by Crippen LogP contribution is 2.14. The number of nitrogens with two attached hydrogens (primary N) is 1. The van der Waals surface area contributed by atoms with Crippen molar-refractivity contribution in [3.8, 4) is 0 Å². The fraction of sp³-hybridized carbons (Fsp3) is 0.667. The zero-order chi connectivity index (χ0) is 9.14. The van der Waals surface area contributed by atoms with E-state index in [9.17, 15) is 0 Å². The summed E-state index contributed by atoms with van der Waals surface area (Å²) in [6.07, 6.45) is 1.96. The first-order valence-corrected chi connectivity index (χ1v) is 4.28. The van der Waals surface area contributed by atoms with Crippen LogP contribution in [0.1, 0.15) is 30.4 Å². The molecule has 12 heavy (non-hydrogen) atoms. The Labute approximate surface area is 72.9 Å². The maximum atomic E-state index is 5.66. The minimum absolute atomic E-state index is 0.249. The van der Waals surface area contributed by atoms with Crippen molar-refractivity contribution < 1.29 is 4.52 Å². The van der Waals surface area contributed by atoms with E-state index in [0.717, 1.165) is 24.3 Å². The number of hydrogen-bond donors (Lipinski definition) is 1. The minimum Gasteiger partial charge on any atom is -0.361 e. The van der Waals surface area contributed by atoms with E-state index in [4.69, 9.17) is 10.3 Å². The van der Waals surface area contributed by atoms with E-state index in [2.05, 4.69) is 5.16 Å². The van der Waals surface area contributed by atoms with Crippen LogP contribution in [0.15, 0.2) is 4.52 Å². The maximum Gasteiger partial charge on any atom is 0.137 e. The van der Waals surface area contributed by atoms with Crippen LogP contribution < -0.4 is 5.73 Å². The Kier molecular flexibility index (Phi) is 2.87. The highest BCUT2D eigenvalue weighted by atomic mass is 16.5. The fourth-order valence-electron chi connectivity index (χ4n) is 1.23. The summed E-state index contributed by atoms with van der Waals surface area (Å²) in [5.41, 5.74) is 7.87. The molecule has 0 amide bonds. The van der Waals surface area contributed by atoms with E-state index >= 15 is 0 Å². The molecule has 2 N–H and O–H groups in total. The molecule has 1 aromatic heterocycles. The lowest BCUT2D eigenvalue weighted by atomic mass is 10.1. The zero-order valence-electron chi connectivity index (χ0n) is 7.92. The highest BCUT2D eigenvalue weighted by molar-refractivity contribution is 5.20. The predicted octanol–water partition coefficient (Wildman–Crippen LogP) is 1.57. The molecule has 68 valence electrons. The summed E-state index contributed by atoms with van der Waals surface area (Å²) < 4.78 is 5.04. The van der Waals surface area contributed by atoms with E-state index in [1.165, 1.54) is 5.56 Å². The molecule has 0 aliphatic heterocycles. The summed E-state index contributed by atoms with van der Waals surface area (Å²) in [5.74, 6) is 0.924. The van der Waals surface area contributed by atoms with Crippen LogP contribution in [0.3, 0.4) is 0 Å². The van der Waals surface area contributed by atoms with Crippen LogP contribution in [-0.2, 0) is 6.42 Å². The normalized spacial score (nSPS) is 13.3. The van der Waals surface area contributed by atoms with Gasteiger partial charge in [-0.1, -0.05) is 5.16 Å². The van der Waals surface area contributed by atoms with Crippen LogP contribution in [0.25, 0.3) is 0 Å². The topological polar surface area (TPSA) is 52.0 Å². The first-order chi connectivity index (χ1) is 5.61. The largest absolute Gasteiger partial charge is 0.361 e. The van der Waals surface area contributed by atoms with Gasteiger partial charge in [-0.05, 0) is 33.6 Å². The van der Waals surface area contributed by atoms with Crippen molar-refractivity contribution in [2.24, 2.45) is 5.73 Å². The molecule has 0 fully saturated rings. The Morgan fingerprint density at radius 3 is 2.58 bits per heavy atom. The molecule has 0 aromatic carbocycles. The Balaban J connectivity index is 2.62. The van der Waals surface area contributed by atoms with Gasteiger partial charge in [0.1, 0.15) is 5.76 Å². The highest BCUT2D eigenvalue weighted by Gasteiger charge is 2.08. The summed E-state index contributed by atoms with van der Waals surface area (Å²) in [5, 5.41) is 3.88. The summed E-state index contributed by atoms with van der Waals surface area (Å²) in [6, 6.07) is 0.249. The molecule has 1 aromatic rings. The maximum absolute atomic E-state index is 5.66. The first-order valence-electron chi connectivity index (χ1n) is 4.28. The molecule has 0 bridgehead atoms. The summed E-state index contributed by atoms with van der Waals surface area (Å²) in [7, 11) is 0. The standard InChI is InChI=1S/C9H16N2O/c1-6(10)4-5-9-7(2)11-12-8(9)3/h6H,4-5,10H2,1-3H3/t6-/m0/s1. The zero-order valence-corrected chi connectivity index (χ0v) is 7.92. The monoisotopic (exact) mass is 168 g/mol. The lowest BCUT2D eigenvalue weighted by molar-refractivity contribution is 0.392. The number of hydrogen-bond acceptors (Lipinski definition) is 3. The van der Waals surface area contributed by atoms with E-state index in [-0.39, 0.29) is 6.04 Å². The molecule has 1 rings (SSSR count). The van der Waals surface area contributed by atoms with Gasteiger partial charge in [-0.15, -0.1) is 0 Å². The predicted molar refractivity (Wildman–Crippen MR) is 47.9 cm³/mol. The minimum atomic E-state index is 0.249. The van der Waals surface area contributed by atoms with E-state index in [0.29, 0.717) is 0 Å². The van der Waals surface area contributed by atoms with Crippen molar-refractivity contribution in [3.05, 3.63) is 17.0 Å². The van der Waals surface area contributed by atoms with Crippen molar-refractivity contribution in [1.82, 2.24) is 5.16 Å². The van der Waals surface area contributed by atoms with Gasteiger partial charge in [-0.25, -0.2) is 0 Å². The van der Waals surface area contributed by atoms with Gasteiger partial charge in [-0.2, -0.15) is 0 Å². The Morgan fingerprint density at radius 1 is 1.50 bits per heavy atom. The van der Waals surface area contributed by atoms with Gasteiger partial charge < -0.3 is 10.3 Å². The number of rotatable bonds is 3. The van der Waals surface area contributed by atoms with E-state index in [1.54, 1.807) is 0 Å². The molecule has 3 nitrogen and oxygen atoms in total. The quantitative estimate of drug-likeness (QED) is 0.745. The van der Waals surface area contributed by atoms with Gasteiger partial charge in [0.05, 0.1) is 5.69 Å². The third kappa shape index (κ3) is 2.08. The molecule has 0 radical (unpaired) electrons. The summed E-state index contributed by atoms with van der Waals surface area (Å²) in [4.78, 5) is 0. The summed E-state index contributed by atoms with van der Waals surface area (Å²) >= 11 is 0. The van der Waals surface area contributed by atoms with Crippen LogP contribution in [0.5, 0.6) is 0 Å².